The summed E-state index contributed by atoms with van der Waals surface area (Å²) in [6, 6.07) is 0.403. The summed E-state index contributed by atoms with van der Waals surface area (Å²) in [5.74, 6) is 0. The van der Waals surface area contributed by atoms with Crippen LogP contribution in [0, 0.1) is 0 Å². The summed E-state index contributed by atoms with van der Waals surface area (Å²) in [4.78, 5) is 13.7. The maximum Gasteiger partial charge on any atom is 0.317 e. The minimum absolute atomic E-state index is 0.0133. The van der Waals surface area contributed by atoms with Gasteiger partial charge in [-0.05, 0) is 12.8 Å². The summed E-state index contributed by atoms with van der Waals surface area (Å²) in [7, 11) is 0. The molecule has 0 unspecified atom stereocenters. The lowest BCUT2D eigenvalue weighted by Gasteiger charge is -2.31. The molecule has 3 rings (SSSR count). The molecule has 2 amide bonds. The number of carbonyl (C=O) groups excluding carboxylic acids is 1. The number of amides is 2. The highest BCUT2D eigenvalue weighted by Crippen LogP contribution is 2.22. The topological polar surface area (TPSA) is 83.1 Å². The SMILES string of the molecule is O=C(NC[C@H]1OC[C@@H](NC2CCC2)[C@@H]1O)N1CCOCC1. The van der Waals surface area contributed by atoms with E-state index in [4.69, 9.17) is 9.47 Å². The number of hydrogen-bond acceptors (Lipinski definition) is 5. The molecule has 0 spiro atoms. The van der Waals surface area contributed by atoms with Crippen LogP contribution in [-0.2, 0) is 9.47 Å². The van der Waals surface area contributed by atoms with E-state index in [1.54, 1.807) is 4.90 Å². The summed E-state index contributed by atoms with van der Waals surface area (Å²) in [5.41, 5.74) is 0. The van der Waals surface area contributed by atoms with Gasteiger partial charge in [-0.25, -0.2) is 4.79 Å². The predicted octanol–water partition coefficient (Wildman–Crippen LogP) is -0.701. The number of urea groups is 1. The van der Waals surface area contributed by atoms with Crippen molar-refractivity contribution in [2.75, 3.05) is 39.5 Å². The van der Waals surface area contributed by atoms with Crippen LogP contribution >= 0.6 is 0 Å². The highest BCUT2D eigenvalue weighted by molar-refractivity contribution is 5.74. The average molecular weight is 299 g/mol. The molecular formula is C14H25N3O4. The molecule has 0 bridgehead atoms. The van der Waals surface area contributed by atoms with Crippen molar-refractivity contribution in [3.8, 4) is 0 Å². The van der Waals surface area contributed by atoms with Crippen molar-refractivity contribution in [3.63, 3.8) is 0 Å². The summed E-state index contributed by atoms with van der Waals surface area (Å²) >= 11 is 0. The first-order valence-electron chi connectivity index (χ1n) is 7.90. The van der Waals surface area contributed by atoms with Gasteiger partial charge in [0, 0.05) is 25.7 Å². The lowest BCUT2D eigenvalue weighted by Crippen LogP contribution is -2.51. The van der Waals surface area contributed by atoms with Gasteiger partial charge >= 0.3 is 6.03 Å². The zero-order valence-electron chi connectivity index (χ0n) is 12.3. The van der Waals surface area contributed by atoms with E-state index < -0.39 is 6.10 Å². The molecular weight excluding hydrogens is 274 g/mol. The lowest BCUT2D eigenvalue weighted by molar-refractivity contribution is 0.0355. The van der Waals surface area contributed by atoms with Gasteiger partial charge in [0.05, 0.1) is 32.0 Å². The molecule has 7 nitrogen and oxygen atoms in total. The van der Waals surface area contributed by atoms with E-state index in [9.17, 15) is 9.90 Å². The van der Waals surface area contributed by atoms with Crippen molar-refractivity contribution < 1.29 is 19.4 Å². The van der Waals surface area contributed by atoms with Crippen LogP contribution < -0.4 is 10.6 Å². The molecule has 0 aromatic carbocycles. The molecule has 0 aromatic heterocycles. The Bertz CT molecular complexity index is 358. The van der Waals surface area contributed by atoms with E-state index in [1.165, 1.54) is 19.3 Å². The maximum absolute atomic E-state index is 12.0. The van der Waals surface area contributed by atoms with Crippen LogP contribution in [0.15, 0.2) is 0 Å². The number of carbonyl (C=O) groups is 1. The van der Waals surface area contributed by atoms with E-state index in [-0.39, 0.29) is 18.2 Å². The van der Waals surface area contributed by atoms with Gasteiger partial charge in [-0.1, -0.05) is 6.42 Å². The molecule has 1 aliphatic carbocycles. The Kier molecular flexibility index (Phi) is 4.95. The van der Waals surface area contributed by atoms with Gasteiger partial charge in [0.25, 0.3) is 0 Å². The molecule has 0 radical (unpaired) electrons. The Morgan fingerprint density at radius 1 is 1.29 bits per heavy atom. The third-order valence-corrected chi connectivity index (χ3v) is 4.59. The number of aliphatic hydroxyl groups is 1. The molecule has 1 saturated carbocycles. The Labute approximate surface area is 125 Å². The van der Waals surface area contributed by atoms with Crippen LogP contribution in [0.3, 0.4) is 0 Å². The highest BCUT2D eigenvalue weighted by Gasteiger charge is 2.37. The van der Waals surface area contributed by atoms with Crippen molar-refractivity contribution in [3.05, 3.63) is 0 Å². The normalized spacial score (nSPS) is 33.8. The molecule has 120 valence electrons. The Balaban J connectivity index is 1.39. The second-order valence-electron chi connectivity index (χ2n) is 6.05. The van der Waals surface area contributed by atoms with E-state index >= 15 is 0 Å². The molecule has 3 atom stereocenters. The van der Waals surface area contributed by atoms with E-state index in [0.717, 1.165) is 0 Å². The number of nitrogens with zero attached hydrogens (tertiary/aromatic N) is 1. The highest BCUT2D eigenvalue weighted by atomic mass is 16.5. The summed E-state index contributed by atoms with van der Waals surface area (Å²) in [6.07, 6.45) is 2.74. The van der Waals surface area contributed by atoms with Crippen molar-refractivity contribution in [1.82, 2.24) is 15.5 Å². The van der Waals surface area contributed by atoms with E-state index in [1.807, 2.05) is 0 Å². The van der Waals surface area contributed by atoms with Crippen LogP contribution in [-0.4, -0.2) is 79.8 Å². The molecule has 3 N–H and O–H groups in total. The van der Waals surface area contributed by atoms with E-state index in [0.29, 0.717) is 45.5 Å². The number of rotatable bonds is 4. The van der Waals surface area contributed by atoms with Crippen LogP contribution in [0.2, 0.25) is 0 Å². The van der Waals surface area contributed by atoms with Crippen molar-refractivity contribution in [2.24, 2.45) is 0 Å². The maximum atomic E-state index is 12.0. The Morgan fingerprint density at radius 3 is 2.71 bits per heavy atom. The molecule has 0 aromatic rings. The van der Waals surface area contributed by atoms with Gasteiger partial charge in [-0.15, -0.1) is 0 Å². The van der Waals surface area contributed by atoms with Crippen molar-refractivity contribution >= 4 is 6.03 Å². The zero-order chi connectivity index (χ0) is 14.7. The van der Waals surface area contributed by atoms with Gasteiger partial charge in [0.15, 0.2) is 0 Å². The molecule has 3 fully saturated rings. The number of hydrogen-bond donors (Lipinski definition) is 3. The third-order valence-electron chi connectivity index (χ3n) is 4.59. The van der Waals surface area contributed by atoms with Crippen molar-refractivity contribution in [1.29, 1.82) is 0 Å². The number of nitrogens with one attached hydrogen (secondary N) is 2. The standard InChI is InChI=1S/C14H25N3O4/c18-13-11(16-10-2-1-3-10)9-21-12(13)8-15-14(19)17-4-6-20-7-5-17/h10-13,16,18H,1-9H2,(H,15,19)/t11-,12-,13+/m1/s1. The molecule has 21 heavy (non-hydrogen) atoms. The quantitative estimate of drug-likeness (QED) is 0.639. The first-order valence-corrected chi connectivity index (χ1v) is 7.90. The summed E-state index contributed by atoms with van der Waals surface area (Å²) < 4.78 is 10.8. The first kappa shape index (κ1) is 15.0. The third kappa shape index (κ3) is 3.66. The lowest BCUT2D eigenvalue weighted by atomic mass is 9.92. The fourth-order valence-corrected chi connectivity index (χ4v) is 2.95. The van der Waals surface area contributed by atoms with E-state index in [2.05, 4.69) is 10.6 Å². The van der Waals surface area contributed by atoms with Gasteiger partial charge in [-0.2, -0.15) is 0 Å². The fourth-order valence-electron chi connectivity index (χ4n) is 2.95. The Hall–Kier alpha value is -0.890. The van der Waals surface area contributed by atoms with Crippen molar-refractivity contribution in [2.45, 2.75) is 43.6 Å². The zero-order valence-corrected chi connectivity index (χ0v) is 12.3. The molecule has 3 aliphatic rings. The number of morpholine rings is 1. The molecule has 2 aliphatic heterocycles. The smallest absolute Gasteiger partial charge is 0.317 e. The second-order valence-corrected chi connectivity index (χ2v) is 6.05. The molecule has 7 heteroatoms. The molecule has 2 saturated heterocycles. The van der Waals surface area contributed by atoms with Gasteiger partial charge < -0.3 is 30.1 Å². The first-order chi connectivity index (χ1) is 10.2. The number of ether oxygens (including phenoxy) is 2. The largest absolute Gasteiger partial charge is 0.389 e. The van der Waals surface area contributed by atoms with Crippen LogP contribution in [0.25, 0.3) is 0 Å². The van der Waals surface area contributed by atoms with Crippen LogP contribution in [0.4, 0.5) is 4.79 Å². The molecule has 2 heterocycles. The average Bonchev–Trinajstić information content (AvgIpc) is 2.82. The predicted molar refractivity (Wildman–Crippen MR) is 76.1 cm³/mol. The number of aliphatic hydroxyl groups excluding tert-OH is 1. The van der Waals surface area contributed by atoms with Gasteiger partial charge in [0.2, 0.25) is 0 Å². The fraction of sp³-hybridized carbons (Fsp3) is 0.929. The summed E-state index contributed by atoms with van der Waals surface area (Å²) in [6.45, 7) is 3.26. The minimum atomic E-state index is -0.560. The van der Waals surface area contributed by atoms with Crippen LogP contribution in [0.1, 0.15) is 19.3 Å². The summed E-state index contributed by atoms with van der Waals surface area (Å²) in [5, 5.41) is 16.5. The monoisotopic (exact) mass is 299 g/mol. The van der Waals surface area contributed by atoms with Gasteiger partial charge in [0.1, 0.15) is 6.10 Å². The minimum Gasteiger partial charge on any atom is -0.389 e. The Morgan fingerprint density at radius 2 is 2.05 bits per heavy atom. The second kappa shape index (κ2) is 6.91. The van der Waals surface area contributed by atoms with Gasteiger partial charge in [-0.3, -0.25) is 0 Å². The van der Waals surface area contributed by atoms with Crippen LogP contribution in [0.5, 0.6) is 0 Å².